The van der Waals surface area contributed by atoms with Gasteiger partial charge in [-0.3, -0.25) is 9.20 Å². The van der Waals surface area contributed by atoms with E-state index in [0.717, 1.165) is 5.56 Å². The molecule has 0 atom stereocenters. The van der Waals surface area contributed by atoms with Crippen molar-refractivity contribution in [3.05, 3.63) is 82.9 Å². The molecule has 0 saturated carbocycles. The Kier molecular flexibility index (Phi) is 3.74. The second-order valence-electron chi connectivity index (χ2n) is 5.60. The molecule has 0 unspecified atom stereocenters. The molecule has 7 heteroatoms. The Morgan fingerprint density at radius 2 is 1.69 bits per heavy atom. The predicted molar refractivity (Wildman–Crippen MR) is 97.1 cm³/mol. The predicted octanol–water partition coefficient (Wildman–Crippen LogP) is 2.49. The molecule has 26 heavy (non-hydrogen) atoms. The molecule has 0 aliphatic carbocycles. The van der Waals surface area contributed by atoms with E-state index < -0.39 is 5.97 Å². The fourth-order valence-electron chi connectivity index (χ4n) is 2.71. The lowest BCUT2D eigenvalue weighted by Crippen LogP contribution is -2.17. The molecule has 2 aromatic heterocycles. The number of ether oxygens (including phenoxy) is 1. The molecule has 2 aromatic carbocycles. The highest BCUT2D eigenvalue weighted by molar-refractivity contribution is 5.92. The molecule has 0 aliphatic rings. The third-order valence-corrected chi connectivity index (χ3v) is 3.84. The zero-order chi connectivity index (χ0) is 18.1. The first kappa shape index (κ1) is 15.6. The number of nitrogens with zero attached hydrogens (tertiary/aromatic N) is 2. The molecule has 3 N–H and O–H groups in total. The van der Waals surface area contributed by atoms with Gasteiger partial charge in [-0.15, -0.1) is 0 Å². The number of nitrogens with two attached hydrogens (primary N) is 1. The van der Waals surface area contributed by atoms with E-state index in [1.165, 1.54) is 10.5 Å². The van der Waals surface area contributed by atoms with Crippen molar-refractivity contribution in [1.82, 2.24) is 14.4 Å². The highest BCUT2D eigenvalue weighted by Gasteiger charge is 2.22. The van der Waals surface area contributed by atoms with Crippen LogP contribution in [0.15, 0.2) is 71.5 Å². The lowest BCUT2D eigenvalue weighted by Gasteiger charge is -2.05. The zero-order valence-electron chi connectivity index (χ0n) is 13.5. The first-order valence-electron chi connectivity index (χ1n) is 7.87. The van der Waals surface area contributed by atoms with Crippen molar-refractivity contribution < 1.29 is 9.53 Å². The van der Waals surface area contributed by atoms with Crippen molar-refractivity contribution in [2.24, 2.45) is 0 Å². The zero-order valence-corrected chi connectivity index (χ0v) is 13.5. The van der Waals surface area contributed by atoms with Gasteiger partial charge in [-0.05, 0) is 12.1 Å². The molecule has 0 fully saturated rings. The van der Waals surface area contributed by atoms with Crippen LogP contribution in [0.25, 0.3) is 16.9 Å². The van der Waals surface area contributed by atoms with Gasteiger partial charge in [0.2, 0.25) is 5.82 Å². The molecule has 4 rings (SSSR count). The lowest BCUT2D eigenvalue weighted by molar-refractivity contribution is 0.0721. The highest BCUT2D eigenvalue weighted by atomic mass is 16.5. The number of carbonyl (C=O) groups is 1. The second kappa shape index (κ2) is 6.21. The largest absolute Gasteiger partial charge is 0.421 e. The van der Waals surface area contributed by atoms with Crippen molar-refractivity contribution in [2.45, 2.75) is 0 Å². The van der Waals surface area contributed by atoms with Crippen LogP contribution in [0.1, 0.15) is 10.6 Å². The number of para-hydroxylation sites is 1. The molecule has 0 bridgehead atoms. The molecule has 0 spiro atoms. The number of aromatic nitrogens is 3. The average molecular weight is 346 g/mol. The summed E-state index contributed by atoms with van der Waals surface area (Å²) in [5.74, 6) is -0.208. The van der Waals surface area contributed by atoms with Gasteiger partial charge >= 0.3 is 5.97 Å². The number of fused-ring (bicyclic) bond motifs is 1. The smallest absolute Gasteiger partial charge is 0.380 e. The average Bonchev–Trinajstić information content (AvgIpc) is 3.03. The van der Waals surface area contributed by atoms with E-state index in [0.29, 0.717) is 17.1 Å². The van der Waals surface area contributed by atoms with Gasteiger partial charge in [-0.2, -0.15) is 0 Å². The molecule has 7 nitrogen and oxygen atoms in total. The summed E-state index contributed by atoms with van der Waals surface area (Å²) < 4.78 is 6.76. The van der Waals surface area contributed by atoms with Crippen LogP contribution < -0.4 is 16.0 Å². The number of anilines is 1. The van der Waals surface area contributed by atoms with E-state index in [4.69, 9.17) is 10.5 Å². The maximum Gasteiger partial charge on any atom is 0.380 e. The number of H-pyrrole nitrogens is 1. The molecule has 0 radical (unpaired) electrons. The quantitative estimate of drug-likeness (QED) is 0.438. The summed E-state index contributed by atoms with van der Waals surface area (Å²) in [5.41, 5.74) is 7.11. The molecule has 0 amide bonds. The molecule has 128 valence electrons. The van der Waals surface area contributed by atoms with Crippen LogP contribution in [-0.2, 0) is 0 Å². The monoisotopic (exact) mass is 346 g/mol. The molecule has 4 aromatic rings. The number of imidazole rings is 1. The number of carbonyl (C=O) groups excluding carboxylic acids is 1. The normalized spacial score (nSPS) is 10.8. The number of aromatic amines is 1. The lowest BCUT2D eigenvalue weighted by atomic mass is 10.2. The third-order valence-electron chi connectivity index (χ3n) is 3.84. The Bertz CT molecular complexity index is 1150. The van der Waals surface area contributed by atoms with Gasteiger partial charge in [-0.25, -0.2) is 9.78 Å². The van der Waals surface area contributed by atoms with Crippen molar-refractivity contribution in [3.8, 4) is 17.0 Å². The van der Waals surface area contributed by atoms with Crippen LogP contribution in [0, 0.1) is 0 Å². The van der Waals surface area contributed by atoms with Crippen LogP contribution in [-0.4, -0.2) is 20.3 Å². The van der Waals surface area contributed by atoms with Crippen LogP contribution >= 0.6 is 0 Å². The number of benzene rings is 2. The van der Waals surface area contributed by atoms with Crippen molar-refractivity contribution in [3.63, 3.8) is 0 Å². The fourth-order valence-corrected chi connectivity index (χ4v) is 2.71. The van der Waals surface area contributed by atoms with Crippen molar-refractivity contribution in [2.75, 3.05) is 5.73 Å². The number of hydrogen-bond acceptors (Lipinski definition) is 5. The number of hydrogen-bond donors (Lipinski definition) is 2. The van der Waals surface area contributed by atoms with Gasteiger partial charge in [0.05, 0.1) is 0 Å². The first-order chi connectivity index (χ1) is 12.6. The number of esters is 1. The fraction of sp³-hybridized carbons (Fsp3) is 0. The van der Waals surface area contributed by atoms with Gasteiger partial charge in [-0.1, -0.05) is 48.5 Å². The highest BCUT2D eigenvalue weighted by Crippen LogP contribution is 2.25. The van der Waals surface area contributed by atoms with Gasteiger partial charge < -0.3 is 15.5 Å². The minimum atomic E-state index is -0.674. The van der Waals surface area contributed by atoms with Gasteiger partial charge in [0.25, 0.3) is 5.56 Å². The number of nitrogens with one attached hydrogen (secondary N) is 1. The van der Waals surface area contributed by atoms with Crippen LogP contribution in [0.2, 0.25) is 0 Å². The summed E-state index contributed by atoms with van der Waals surface area (Å²) in [6.07, 6.45) is 0. The second-order valence-corrected chi connectivity index (χ2v) is 5.60. The molecule has 2 heterocycles. The van der Waals surface area contributed by atoms with Gasteiger partial charge in [0.1, 0.15) is 22.9 Å². The van der Waals surface area contributed by atoms with E-state index >= 15 is 0 Å². The van der Waals surface area contributed by atoms with Gasteiger partial charge in [0, 0.05) is 11.6 Å². The molecule has 0 saturated heterocycles. The summed E-state index contributed by atoms with van der Waals surface area (Å²) in [6, 6.07) is 19.1. The summed E-state index contributed by atoms with van der Waals surface area (Å²) in [4.78, 5) is 31.6. The molecular weight excluding hydrogens is 332 g/mol. The first-order valence-corrected chi connectivity index (χ1v) is 7.87. The summed E-state index contributed by atoms with van der Waals surface area (Å²) in [5, 5.41) is 0. The molecule has 0 aliphatic heterocycles. The summed E-state index contributed by atoms with van der Waals surface area (Å²) in [6.45, 7) is 0. The van der Waals surface area contributed by atoms with Crippen LogP contribution in [0.4, 0.5) is 5.82 Å². The topological polar surface area (TPSA) is 102 Å². The van der Waals surface area contributed by atoms with Crippen LogP contribution in [0.3, 0.4) is 0 Å². The van der Waals surface area contributed by atoms with E-state index in [9.17, 15) is 9.59 Å². The van der Waals surface area contributed by atoms with E-state index in [1.807, 2.05) is 36.4 Å². The Morgan fingerprint density at radius 3 is 2.38 bits per heavy atom. The Labute approximate surface area is 147 Å². The van der Waals surface area contributed by atoms with Crippen molar-refractivity contribution >= 4 is 17.4 Å². The van der Waals surface area contributed by atoms with Crippen LogP contribution in [0.5, 0.6) is 5.75 Å². The Morgan fingerprint density at radius 1 is 1.04 bits per heavy atom. The Hall–Kier alpha value is -3.87. The van der Waals surface area contributed by atoms with Gasteiger partial charge in [0.15, 0.2) is 0 Å². The number of rotatable bonds is 3. The number of nitrogen functional groups attached to an aromatic ring is 1. The standard InChI is InChI=1S/C19H14N4O3/c20-14-11-15(24)21-17-16(12-7-3-1-4-8-12)22-18(23(14)17)19(25)26-13-9-5-2-6-10-13/h1-11H,20H2,(H,21,24). The minimum absolute atomic E-state index is 0.0172. The van der Waals surface area contributed by atoms with E-state index in [-0.39, 0.29) is 17.2 Å². The molecular formula is C19H14N4O3. The minimum Gasteiger partial charge on any atom is -0.421 e. The maximum atomic E-state index is 12.7. The summed E-state index contributed by atoms with van der Waals surface area (Å²) >= 11 is 0. The third kappa shape index (κ3) is 2.71. The Balaban J connectivity index is 1.90. The maximum absolute atomic E-state index is 12.7. The summed E-state index contributed by atoms with van der Waals surface area (Å²) in [7, 11) is 0. The van der Waals surface area contributed by atoms with E-state index in [1.54, 1.807) is 24.3 Å². The SMILES string of the molecule is Nc1cc(=O)[nH]c2c(-c3ccccc3)nc(C(=O)Oc3ccccc3)n12. The van der Waals surface area contributed by atoms with Crippen molar-refractivity contribution in [1.29, 1.82) is 0 Å². The van der Waals surface area contributed by atoms with E-state index in [2.05, 4.69) is 9.97 Å².